The highest BCUT2D eigenvalue weighted by Gasteiger charge is 2.13. The van der Waals surface area contributed by atoms with E-state index in [9.17, 15) is 0 Å². The van der Waals surface area contributed by atoms with E-state index in [2.05, 4.69) is 32.9 Å². The zero-order chi connectivity index (χ0) is 8.43. The zero-order valence-corrected chi connectivity index (χ0v) is 7.59. The summed E-state index contributed by atoms with van der Waals surface area (Å²) in [6.45, 7) is 8.56. The predicted octanol–water partition coefficient (Wildman–Crippen LogP) is 3.56. The van der Waals surface area contributed by atoms with Crippen molar-refractivity contribution >= 4 is 0 Å². The molecule has 70 valence electrons. The third-order valence-electron chi connectivity index (χ3n) is 1.80. The Morgan fingerprint density at radius 3 is 2.08 bits per heavy atom. The molecule has 1 rings (SSSR count). The molecule has 0 aliphatic carbocycles. The van der Waals surface area contributed by atoms with E-state index in [-0.39, 0.29) is 7.43 Å². The summed E-state index contributed by atoms with van der Waals surface area (Å²) in [5, 5.41) is 3.96. The average molecular weight is 169 g/mol. The van der Waals surface area contributed by atoms with Crippen molar-refractivity contribution in [1.29, 1.82) is 0 Å². The molecule has 0 saturated heterocycles. The van der Waals surface area contributed by atoms with Gasteiger partial charge in [0.05, 0.1) is 5.69 Å². The maximum Gasteiger partial charge on any atom is 0.127 e. The first-order valence-electron chi connectivity index (χ1n) is 4.07. The second-order valence-electron chi connectivity index (χ2n) is 3.46. The minimum absolute atomic E-state index is 0. The van der Waals surface area contributed by atoms with Gasteiger partial charge in [-0.25, -0.2) is 0 Å². The van der Waals surface area contributed by atoms with E-state index in [1.54, 1.807) is 6.26 Å². The Kier molecular flexibility index (Phi) is 4.01. The summed E-state index contributed by atoms with van der Waals surface area (Å²) in [4.78, 5) is 0. The third-order valence-corrected chi connectivity index (χ3v) is 1.80. The van der Waals surface area contributed by atoms with Crippen molar-refractivity contribution in [2.45, 2.75) is 47.0 Å². The highest BCUT2D eigenvalue weighted by atomic mass is 16.5. The molecular weight excluding hydrogens is 150 g/mol. The lowest BCUT2D eigenvalue weighted by Gasteiger charge is -2.05. The van der Waals surface area contributed by atoms with Gasteiger partial charge in [-0.15, -0.1) is 0 Å². The van der Waals surface area contributed by atoms with Crippen LogP contribution in [-0.2, 0) is 0 Å². The Labute approximate surface area is 75.0 Å². The lowest BCUT2D eigenvalue weighted by Crippen LogP contribution is -1.95. The van der Waals surface area contributed by atoms with Gasteiger partial charge in [0.1, 0.15) is 6.26 Å². The topological polar surface area (TPSA) is 26.0 Å². The number of nitrogens with zero attached hydrogens (tertiary/aromatic N) is 1. The van der Waals surface area contributed by atoms with Crippen LogP contribution in [0.5, 0.6) is 0 Å². The van der Waals surface area contributed by atoms with Gasteiger partial charge >= 0.3 is 0 Å². The summed E-state index contributed by atoms with van der Waals surface area (Å²) in [6, 6.07) is 0. The Hall–Kier alpha value is -0.790. The fourth-order valence-corrected chi connectivity index (χ4v) is 1.12. The van der Waals surface area contributed by atoms with E-state index in [0.717, 1.165) is 5.69 Å². The van der Waals surface area contributed by atoms with Crippen molar-refractivity contribution in [2.24, 2.45) is 0 Å². The van der Waals surface area contributed by atoms with Gasteiger partial charge in [0.2, 0.25) is 0 Å². The van der Waals surface area contributed by atoms with Crippen molar-refractivity contribution in [3.05, 3.63) is 17.5 Å². The lowest BCUT2D eigenvalue weighted by atomic mass is 9.98. The lowest BCUT2D eigenvalue weighted by molar-refractivity contribution is 0.408. The third kappa shape index (κ3) is 2.10. The molecule has 0 atom stereocenters. The van der Waals surface area contributed by atoms with Crippen LogP contribution in [-0.4, -0.2) is 5.16 Å². The van der Waals surface area contributed by atoms with Gasteiger partial charge in [-0.1, -0.05) is 40.3 Å². The Balaban J connectivity index is 0.00000121. The molecule has 1 aromatic heterocycles. The molecule has 1 aromatic rings. The van der Waals surface area contributed by atoms with Gasteiger partial charge in [0, 0.05) is 5.56 Å². The van der Waals surface area contributed by atoms with Gasteiger partial charge in [0.25, 0.3) is 0 Å². The smallest absolute Gasteiger partial charge is 0.127 e. The maximum absolute atomic E-state index is 4.92. The molecule has 2 heteroatoms. The average Bonchev–Trinajstić information content (AvgIpc) is 2.32. The fourth-order valence-electron chi connectivity index (χ4n) is 1.12. The first-order valence-corrected chi connectivity index (χ1v) is 4.07. The van der Waals surface area contributed by atoms with Gasteiger partial charge in [-0.2, -0.15) is 0 Å². The molecule has 0 aliphatic heterocycles. The van der Waals surface area contributed by atoms with E-state index < -0.39 is 0 Å². The van der Waals surface area contributed by atoms with Crippen LogP contribution in [0.1, 0.15) is 58.2 Å². The molecule has 0 amide bonds. The molecule has 0 aliphatic rings. The number of rotatable bonds is 2. The van der Waals surface area contributed by atoms with Gasteiger partial charge in [-0.3, -0.25) is 0 Å². The van der Waals surface area contributed by atoms with Crippen LogP contribution in [0.4, 0.5) is 0 Å². The molecule has 0 fully saturated rings. The van der Waals surface area contributed by atoms with Crippen LogP contribution in [0.15, 0.2) is 10.8 Å². The van der Waals surface area contributed by atoms with E-state index in [1.807, 2.05) is 0 Å². The van der Waals surface area contributed by atoms with E-state index in [4.69, 9.17) is 4.52 Å². The van der Waals surface area contributed by atoms with Gasteiger partial charge < -0.3 is 4.52 Å². The minimum Gasteiger partial charge on any atom is -0.364 e. The summed E-state index contributed by atoms with van der Waals surface area (Å²) in [5.41, 5.74) is 2.33. The van der Waals surface area contributed by atoms with Crippen LogP contribution in [0.3, 0.4) is 0 Å². The second-order valence-corrected chi connectivity index (χ2v) is 3.46. The molecule has 0 radical (unpaired) electrons. The van der Waals surface area contributed by atoms with E-state index in [0.29, 0.717) is 11.8 Å². The maximum atomic E-state index is 4.92. The monoisotopic (exact) mass is 169 g/mol. The molecule has 0 saturated carbocycles. The Morgan fingerprint density at radius 2 is 1.75 bits per heavy atom. The summed E-state index contributed by atoms with van der Waals surface area (Å²) in [7, 11) is 0. The SMILES string of the molecule is C.CC(C)c1conc1C(C)C. The molecule has 12 heavy (non-hydrogen) atoms. The number of hydrogen-bond acceptors (Lipinski definition) is 2. The van der Waals surface area contributed by atoms with Crippen molar-refractivity contribution in [3.63, 3.8) is 0 Å². The summed E-state index contributed by atoms with van der Waals surface area (Å²) in [6.07, 6.45) is 1.75. The highest BCUT2D eigenvalue weighted by Crippen LogP contribution is 2.23. The van der Waals surface area contributed by atoms with Crippen LogP contribution in [0.2, 0.25) is 0 Å². The zero-order valence-electron chi connectivity index (χ0n) is 7.59. The molecule has 0 bridgehead atoms. The standard InChI is InChI=1S/C9H15NO.CH4/c1-6(2)8-5-11-10-9(8)7(3)4;/h5-7H,1-4H3;1H4. The Bertz CT molecular complexity index is 203. The molecule has 1 heterocycles. The molecule has 0 aromatic carbocycles. The Morgan fingerprint density at radius 1 is 1.17 bits per heavy atom. The van der Waals surface area contributed by atoms with Crippen LogP contribution in [0.25, 0.3) is 0 Å². The second kappa shape index (κ2) is 4.29. The van der Waals surface area contributed by atoms with Crippen molar-refractivity contribution in [1.82, 2.24) is 5.16 Å². The molecule has 0 unspecified atom stereocenters. The molecule has 0 spiro atoms. The minimum atomic E-state index is 0. The normalized spacial score (nSPS) is 10.5. The van der Waals surface area contributed by atoms with E-state index in [1.165, 1.54) is 5.56 Å². The first-order chi connectivity index (χ1) is 5.13. The van der Waals surface area contributed by atoms with Gasteiger partial charge in [-0.05, 0) is 11.8 Å². The first kappa shape index (κ1) is 11.2. The van der Waals surface area contributed by atoms with Crippen LogP contribution in [0, 0.1) is 0 Å². The summed E-state index contributed by atoms with van der Waals surface area (Å²) >= 11 is 0. The predicted molar refractivity (Wildman–Crippen MR) is 51.4 cm³/mol. The van der Waals surface area contributed by atoms with Crippen LogP contribution >= 0.6 is 0 Å². The van der Waals surface area contributed by atoms with E-state index >= 15 is 0 Å². The van der Waals surface area contributed by atoms with Crippen molar-refractivity contribution in [3.8, 4) is 0 Å². The van der Waals surface area contributed by atoms with Crippen molar-refractivity contribution in [2.75, 3.05) is 0 Å². The summed E-state index contributed by atoms with van der Waals surface area (Å²) in [5.74, 6) is 0.977. The summed E-state index contributed by atoms with van der Waals surface area (Å²) < 4.78 is 4.92. The number of hydrogen-bond donors (Lipinski definition) is 0. The van der Waals surface area contributed by atoms with Crippen LogP contribution < -0.4 is 0 Å². The largest absolute Gasteiger partial charge is 0.364 e. The molecule has 0 N–H and O–H groups in total. The van der Waals surface area contributed by atoms with Crippen molar-refractivity contribution < 1.29 is 4.52 Å². The quantitative estimate of drug-likeness (QED) is 0.676. The highest BCUT2D eigenvalue weighted by molar-refractivity contribution is 5.21. The number of aromatic nitrogens is 1. The molecular formula is C10H19NO. The molecule has 2 nitrogen and oxygen atoms in total. The van der Waals surface area contributed by atoms with Gasteiger partial charge in [0.15, 0.2) is 0 Å². The fraction of sp³-hybridized carbons (Fsp3) is 0.700.